The first kappa shape index (κ1) is 20.9. The second-order valence-electron chi connectivity index (χ2n) is 8.49. The van der Waals surface area contributed by atoms with Gasteiger partial charge in [-0.3, -0.25) is 4.79 Å². The molecule has 1 atom stereocenters. The molecule has 166 valence electrons. The molecule has 1 aromatic heterocycles. The highest BCUT2D eigenvalue weighted by Gasteiger charge is 2.37. The molecule has 1 N–H and O–H groups in total. The van der Waals surface area contributed by atoms with E-state index in [1.54, 1.807) is 24.3 Å². The maximum absolute atomic E-state index is 15.1. The van der Waals surface area contributed by atoms with E-state index >= 15 is 8.78 Å². The number of aromatic nitrogens is 3. The lowest BCUT2D eigenvalue weighted by Gasteiger charge is -2.16. The van der Waals surface area contributed by atoms with Gasteiger partial charge < -0.3 is 4.90 Å². The van der Waals surface area contributed by atoms with Crippen molar-refractivity contribution in [3.05, 3.63) is 69.4 Å². The molecule has 0 bridgehead atoms. The minimum absolute atomic E-state index is 0.0751. The first-order valence-electron chi connectivity index (χ1n) is 10.6. The fraction of sp³-hybridized carbons (Fsp3) is 0.348. The average Bonchev–Trinajstić information content (AvgIpc) is 3.42. The normalized spacial score (nSPS) is 18.3. The number of amides is 1. The number of hydrogen-bond acceptors (Lipinski definition) is 3. The van der Waals surface area contributed by atoms with E-state index in [0.717, 1.165) is 23.8 Å². The fourth-order valence-electron chi connectivity index (χ4n) is 4.33. The minimum atomic E-state index is -0.864. The van der Waals surface area contributed by atoms with Crippen LogP contribution < -0.4 is 5.69 Å². The van der Waals surface area contributed by atoms with Gasteiger partial charge in [0.2, 0.25) is 5.91 Å². The van der Waals surface area contributed by atoms with Crippen molar-refractivity contribution in [2.45, 2.75) is 25.7 Å². The van der Waals surface area contributed by atoms with Crippen LogP contribution in [-0.4, -0.2) is 38.7 Å². The Bertz CT molecular complexity index is 1210. The minimum Gasteiger partial charge on any atom is -0.342 e. The lowest BCUT2D eigenvalue weighted by atomic mass is 10.0. The Balaban J connectivity index is 1.42. The molecule has 2 heterocycles. The molecule has 1 amide bonds. The van der Waals surface area contributed by atoms with E-state index in [9.17, 15) is 9.59 Å². The van der Waals surface area contributed by atoms with Crippen molar-refractivity contribution in [2.24, 2.45) is 11.8 Å². The molecule has 2 aliphatic rings. The molecule has 6 nitrogen and oxygen atoms in total. The molecule has 1 saturated heterocycles. The number of aromatic amines is 1. The number of H-pyrrole nitrogens is 1. The molecule has 0 spiro atoms. The summed E-state index contributed by atoms with van der Waals surface area (Å²) in [5.41, 5.74) is -0.227. The van der Waals surface area contributed by atoms with Crippen LogP contribution in [0.25, 0.3) is 16.8 Å². The topological polar surface area (TPSA) is 71.0 Å². The van der Waals surface area contributed by atoms with Crippen molar-refractivity contribution in [3.63, 3.8) is 0 Å². The Hall–Kier alpha value is -3.00. The molecule has 2 fully saturated rings. The highest BCUT2D eigenvalue weighted by Crippen LogP contribution is 2.33. The Labute approximate surface area is 187 Å². The van der Waals surface area contributed by atoms with E-state index in [4.69, 9.17) is 11.6 Å². The Morgan fingerprint density at radius 1 is 1.09 bits per heavy atom. The zero-order valence-electron chi connectivity index (χ0n) is 17.2. The number of benzene rings is 2. The third-order valence-electron chi connectivity index (χ3n) is 6.16. The molecule has 9 heteroatoms. The van der Waals surface area contributed by atoms with Gasteiger partial charge in [-0.25, -0.2) is 23.2 Å². The zero-order chi connectivity index (χ0) is 22.4. The molecule has 3 aromatic rings. The molecule has 1 saturated carbocycles. The highest BCUT2D eigenvalue weighted by molar-refractivity contribution is 6.30. The van der Waals surface area contributed by atoms with E-state index in [1.165, 1.54) is 12.1 Å². The van der Waals surface area contributed by atoms with Crippen molar-refractivity contribution in [1.82, 2.24) is 19.7 Å². The molecule has 1 aliphatic carbocycles. The van der Waals surface area contributed by atoms with Gasteiger partial charge in [0.05, 0.1) is 0 Å². The van der Waals surface area contributed by atoms with Gasteiger partial charge in [-0.2, -0.15) is 5.10 Å². The number of hydrogen-bond donors (Lipinski definition) is 1. The lowest BCUT2D eigenvalue weighted by Crippen LogP contribution is -2.30. The van der Waals surface area contributed by atoms with Crippen molar-refractivity contribution in [3.8, 4) is 16.8 Å². The van der Waals surface area contributed by atoms with Gasteiger partial charge in [-0.1, -0.05) is 23.7 Å². The summed E-state index contributed by atoms with van der Waals surface area (Å²) in [6, 6.07) is 8.99. The van der Waals surface area contributed by atoms with Crippen LogP contribution in [0.2, 0.25) is 5.02 Å². The van der Waals surface area contributed by atoms with E-state index < -0.39 is 23.0 Å². The number of carbonyl (C=O) groups excluding carboxylic acids is 1. The maximum atomic E-state index is 15.1. The largest absolute Gasteiger partial charge is 0.348 e. The predicted octanol–water partition coefficient (Wildman–Crippen LogP) is 3.96. The van der Waals surface area contributed by atoms with Crippen molar-refractivity contribution >= 4 is 17.5 Å². The molecular formula is C23H21ClF2N4O2. The summed E-state index contributed by atoms with van der Waals surface area (Å²) in [4.78, 5) is 26.6. The molecule has 2 aromatic carbocycles. The average molecular weight is 459 g/mol. The monoisotopic (exact) mass is 458 g/mol. The number of carbonyl (C=O) groups is 1. The van der Waals surface area contributed by atoms with Crippen LogP contribution in [0.3, 0.4) is 0 Å². The second kappa shape index (κ2) is 8.16. The second-order valence-corrected chi connectivity index (χ2v) is 8.93. The number of halogens is 3. The first-order valence-corrected chi connectivity index (χ1v) is 11.0. The van der Waals surface area contributed by atoms with E-state index in [-0.39, 0.29) is 23.6 Å². The lowest BCUT2D eigenvalue weighted by molar-refractivity contribution is -0.131. The summed E-state index contributed by atoms with van der Waals surface area (Å²) in [7, 11) is 0. The van der Waals surface area contributed by atoms with Crippen molar-refractivity contribution < 1.29 is 13.6 Å². The Morgan fingerprint density at radius 2 is 1.78 bits per heavy atom. The number of nitrogens with zero attached hydrogens (tertiary/aromatic N) is 3. The van der Waals surface area contributed by atoms with Crippen LogP contribution >= 0.6 is 11.6 Å². The molecule has 32 heavy (non-hydrogen) atoms. The Morgan fingerprint density at radius 3 is 2.44 bits per heavy atom. The van der Waals surface area contributed by atoms with Crippen LogP contribution in [0.1, 0.15) is 25.1 Å². The van der Waals surface area contributed by atoms with Gasteiger partial charge in [0, 0.05) is 30.5 Å². The van der Waals surface area contributed by atoms with Crippen molar-refractivity contribution in [2.75, 3.05) is 13.1 Å². The fourth-order valence-corrected chi connectivity index (χ4v) is 4.46. The van der Waals surface area contributed by atoms with Gasteiger partial charge in [-0.15, -0.1) is 0 Å². The van der Waals surface area contributed by atoms with Gasteiger partial charge in [0.25, 0.3) is 0 Å². The van der Waals surface area contributed by atoms with Crippen LogP contribution in [-0.2, 0) is 11.2 Å². The van der Waals surface area contributed by atoms with E-state index in [1.807, 2.05) is 4.90 Å². The third-order valence-corrected chi connectivity index (χ3v) is 6.41. The molecule has 0 radical (unpaired) electrons. The number of likely N-dealkylation sites (tertiary alicyclic amines) is 1. The van der Waals surface area contributed by atoms with E-state index in [2.05, 4.69) is 10.2 Å². The predicted molar refractivity (Wildman–Crippen MR) is 116 cm³/mol. The van der Waals surface area contributed by atoms with Gasteiger partial charge in [0.1, 0.15) is 11.5 Å². The molecule has 1 unspecified atom stereocenters. The van der Waals surface area contributed by atoms with Crippen LogP contribution in [0.4, 0.5) is 8.78 Å². The quantitative estimate of drug-likeness (QED) is 0.629. The SMILES string of the molecule is O=C(C1CC1)N1CCC(Cc2n[nH]c(=O)n2-c2c(F)cc(-c3ccc(Cl)cc3)cc2F)C1. The summed E-state index contributed by atoms with van der Waals surface area (Å²) in [6.45, 7) is 1.23. The third kappa shape index (κ3) is 3.95. The standard InChI is InChI=1S/C23H21ClF2N4O2/c24-17-5-3-14(4-6-17)16-10-18(25)21(19(26)11-16)30-20(27-28-23(30)32)9-13-7-8-29(12-13)22(31)15-1-2-15/h3-6,10-11,13,15H,1-2,7-9,12H2,(H,28,32). The number of rotatable bonds is 5. The zero-order valence-corrected chi connectivity index (χ0v) is 17.9. The smallest absolute Gasteiger partial charge is 0.342 e. The van der Waals surface area contributed by atoms with Crippen molar-refractivity contribution in [1.29, 1.82) is 0 Å². The maximum Gasteiger partial charge on any atom is 0.348 e. The molecule has 1 aliphatic heterocycles. The van der Waals surface area contributed by atoms with Gasteiger partial charge in [0.15, 0.2) is 11.6 Å². The highest BCUT2D eigenvalue weighted by atomic mass is 35.5. The number of nitrogens with one attached hydrogen (secondary N) is 1. The summed E-state index contributed by atoms with van der Waals surface area (Å²) >= 11 is 5.89. The Kier molecular flexibility index (Phi) is 5.33. The summed E-state index contributed by atoms with van der Waals surface area (Å²) < 4.78 is 31.1. The molecular weight excluding hydrogens is 438 g/mol. The summed E-state index contributed by atoms with van der Waals surface area (Å²) in [5, 5.41) is 6.85. The van der Waals surface area contributed by atoms with Crippen LogP contribution in [0, 0.1) is 23.5 Å². The summed E-state index contributed by atoms with van der Waals surface area (Å²) in [6.07, 6.45) is 3.00. The van der Waals surface area contributed by atoms with Crippen LogP contribution in [0.15, 0.2) is 41.2 Å². The van der Waals surface area contributed by atoms with E-state index in [0.29, 0.717) is 35.7 Å². The van der Waals surface area contributed by atoms with Gasteiger partial charge in [-0.05, 0) is 60.6 Å². The van der Waals surface area contributed by atoms with Gasteiger partial charge >= 0.3 is 5.69 Å². The first-order chi connectivity index (χ1) is 15.4. The summed E-state index contributed by atoms with van der Waals surface area (Å²) in [5.74, 6) is -1.07. The van der Waals surface area contributed by atoms with Crippen LogP contribution in [0.5, 0.6) is 0 Å². The molecule has 5 rings (SSSR count).